The van der Waals surface area contributed by atoms with E-state index in [9.17, 15) is 9.90 Å². The van der Waals surface area contributed by atoms with Crippen molar-refractivity contribution in [1.82, 2.24) is 10.2 Å². The molecule has 2 aromatic rings. The van der Waals surface area contributed by atoms with Gasteiger partial charge >= 0.3 is 0 Å². The summed E-state index contributed by atoms with van der Waals surface area (Å²) in [6, 6.07) is 17.4. The fourth-order valence-electron chi connectivity index (χ4n) is 5.11. The highest BCUT2D eigenvalue weighted by molar-refractivity contribution is 5.94. The predicted molar refractivity (Wildman–Crippen MR) is 107 cm³/mol. The topological polar surface area (TPSA) is 52.6 Å². The molecule has 2 aliphatic rings. The average Bonchev–Trinajstić information content (AvgIpc) is 2.69. The zero-order valence-corrected chi connectivity index (χ0v) is 15.9. The van der Waals surface area contributed by atoms with E-state index in [4.69, 9.17) is 0 Å². The van der Waals surface area contributed by atoms with Gasteiger partial charge in [0.2, 0.25) is 0 Å². The molecule has 2 aromatic carbocycles. The Morgan fingerprint density at radius 2 is 1.96 bits per heavy atom. The van der Waals surface area contributed by atoms with E-state index in [0.29, 0.717) is 11.7 Å². The minimum Gasteiger partial charge on any atom is -0.508 e. The Morgan fingerprint density at radius 1 is 1.15 bits per heavy atom. The van der Waals surface area contributed by atoms with E-state index in [1.165, 1.54) is 5.56 Å². The maximum atomic E-state index is 12.7. The maximum Gasteiger partial charge on any atom is 0.251 e. The lowest BCUT2D eigenvalue weighted by atomic mass is 9.58. The molecule has 0 unspecified atom stereocenters. The number of hydrogen-bond donors (Lipinski definition) is 2. The van der Waals surface area contributed by atoms with Gasteiger partial charge in [-0.1, -0.05) is 30.3 Å². The van der Waals surface area contributed by atoms with Crippen molar-refractivity contribution in [3.8, 4) is 5.75 Å². The fraction of sp³-hybridized carbons (Fsp3) is 0.435. The average molecular weight is 364 g/mol. The number of hydrogen-bond acceptors (Lipinski definition) is 3. The standard InChI is InChI=1S/C23H28N2O2/c1-25-13-12-23(18-8-5-9-21(26)14-18)15-20(11-10-19(23)16-25)24-22(27)17-6-3-2-4-7-17/h2-9,14,19-20,26H,10-13,15-16H2,1H3,(H,24,27)/t19-,20+,23+/m1/s1. The summed E-state index contributed by atoms with van der Waals surface area (Å²) < 4.78 is 0. The third kappa shape index (κ3) is 3.59. The minimum absolute atomic E-state index is 0.0121. The number of carbonyl (C=O) groups is 1. The van der Waals surface area contributed by atoms with Gasteiger partial charge in [-0.3, -0.25) is 4.79 Å². The summed E-state index contributed by atoms with van der Waals surface area (Å²) in [4.78, 5) is 15.1. The lowest BCUT2D eigenvalue weighted by Gasteiger charge is -2.52. The van der Waals surface area contributed by atoms with Gasteiger partial charge in [-0.25, -0.2) is 0 Å². The van der Waals surface area contributed by atoms with Crippen LogP contribution in [0.4, 0.5) is 0 Å². The highest BCUT2D eigenvalue weighted by Crippen LogP contribution is 2.49. The quantitative estimate of drug-likeness (QED) is 0.875. The first-order valence-corrected chi connectivity index (χ1v) is 9.91. The van der Waals surface area contributed by atoms with Crippen LogP contribution in [0.15, 0.2) is 54.6 Å². The Balaban J connectivity index is 1.59. The Hall–Kier alpha value is -2.33. The zero-order valence-electron chi connectivity index (χ0n) is 15.9. The summed E-state index contributed by atoms with van der Waals surface area (Å²) in [5, 5.41) is 13.3. The van der Waals surface area contributed by atoms with E-state index in [0.717, 1.165) is 44.3 Å². The molecule has 4 nitrogen and oxygen atoms in total. The van der Waals surface area contributed by atoms with Crippen LogP contribution in [0.25, 0.3) is 0 Å². The Morgan fingerprint density at radius 3 is 2.74 bits per heavy atom. The molecule has 4 heteroatoms. The van der Waals surface area contributed by atoms with Gasteiger partial charge in [0.1, 0.15) is 5.75 Å². The second-order valence-electron chi connectivity index (χ2n) is 8.23. The van der Waals surface area contributed by atoms with Gasteiger partial charge in [0.05, 0.1) is 0 Å². The fourth-order valence-corrected chi connectivity index (χ4v) is 5.11. The molecule has 1 aliphatic carbocycles. The first kappa shape index (κ1) is 18.1. The van der Waals surface area contributed by atoms with Crippen LogP contribution >= 0.6 is 0 Å². The molecule has 0 bridgehead atoms. The lowest BCUT2D eigenvalue weighted by molar-refractivity contribution is 0.0533. The van der Waals surface area contributed by atoms with Crippen LogP contribution < -0.4 is 5.32 Å². The molecular formula is C23H28N2O2. The van der Waals surface area contributed by atoms with E-state index >= 15 is 0 Å². The molecule has 4 rings (SSSR count). The summed E-state index contributed by atoms with van der Waals surface area (Å²) in [6.45, 7) is 2.13. The predicted octanol–water partition coefficient (Wildman–Crippen LogP) is 3.56. The summed E-state index contributed by atoms with van der Waals surface area (Å²) in [5.41, 5.74) is 1.96. The lowest BCUT2D eigenvalue weighted by Crippen LogP contribution is -2.55. The molecule has 0 spiro atoms. The molecule has 3 atom stereocenters. The third-order valence-corrected chi connectivity index (χ3v) is 6.52. The number of phenolic OH excluding ortho intramolecular Hbond substituents is 1. The SMILES string of the molecule is CN1CC[C@@]2(c3cccc(O)c3)C[C@@H](NC(=O)c3ccccc3)CC[C@@H]2C1. The second kappa shape index (κ2) is 7.35. The molecule has 2 fully saturated rings. The van der Waals surface area contributed by atoms with Crippen molar-refractivity contribution in [1.29, 1.82) is 0 Å². The van der Waals surface area contributed by atoms with Crippen LogP contribution in [0.1, 0.15) is 41.6 Å². The van der Waals surface area contributed by atoms with Crippen LogP contribution in [0, 0.1) is 5.92 Å². The zero-order chi connectivity index (χ0) is 18.9. The largest absolute Gasteiger partial charge is 0.508 e. The van der Waals surface area contributed by atoms with Gasteiger partial charge in [0, 0.05) is 23.6 Å². The van der Waals surface area contributed by atoms with Gasteiger partial charge in [-0.05, 0) is 75.0 Å². The monoisotopic (exact) mass is 364 g/mol. The van der Waals surface area contributed by atoms with Crippen molar-refractivity contribution in [3.63, 3.8) is 0 Å². The van der Waals surface area contributed by atoms with Crippen LogP contribution in [0.5, 0.6) is 5.75 Å². The number of carbonyl (C=O) groups excluding carboxylic acids is 1. The summed E-state index contributed by atoms with van der Waals surface area (Å²) in [5.74, 6) is 0.899. The molecule has 1 aliphatic heterocycles. The summed E-state index contributed by atoms with van der Waals surface area (Å²) in [7, 11) is 2.19. The molecule has 1 saturated heterocycles. The molecule has 1 heterocycles. The molecule has 1 saturated carbocycles. The van der Waals surface area contributed by atoms with Crippen molar-refractivity contribution in [2.24, 2.45) is 5.92 Å². The van der Waals surface area contributed by atoms with E-state index in [-0.39, 0.29) is 17.4 Å². The van der Waals surface area contributed by atoms with Crippen molar-refractivity contribution in [2.75, 3.05) is 20.1 Å². The molecule has 27 heavy (non-hydrogen) atoms. The molecule has 142 valence electrons. The number of aromatic hydroxyl groups is 1. The van der Waals surface area contributed by atoms with Gasteiger partial charge in [0.15, 0.2) is 0 Å². The van der Waals surface area contributed by atoms with Crippen molar-refractivity contribution in [2.45, 2.75) is 37.1 Å². The number of nitrogens with zero attached hydrogens (tertiary/aromatic N) is 1. The van der Waals surface area contributed by atoms with Gasteiger partial charge < -0.3 is 15.3 Å². The Kier molecular flexibility index (Phi) is 4.92. The van der Waals surface area contributed by atoms with Gasteiger partial charge in [-0.15, -0.1) is 0 Å². The number of nitrogens with one attached hydrogen (secondary N) is 1. The van der Waals surface area contributed by atoms with E-state index in [1.807, 2.05) is 42.5 Å². The Labute approximate surface area is 161 Å². The molecule has 2 N–H and O–H groups in total. The highest BCUT2D eigenvalue weighted by atomic mass is 16.3. The maximum absolute atomic E-state index is 12.7. The second-order valence-corrected chi connectivity index (χ2v) is 8.23. The number of rotatable bonds is 3. The molecular weight excluding hydrogens is 336 g/mol. The summed E-state index contributed by atoms with van der Waals surface area (Å²) >= 11 is 0. The normalized spacial score (nSPS) is 28.3. The minimum atomic E-state index is 0.0121. The van der Waals surface area contributed by atoms with Crippen LogP contribution in [0.3, 0.4) is 0 Å². The third-order valence-electron chi connectivity index (χ3n) is 6.52. The van der Waals surface area contributed by atoms with E-state index < -0.39 is 0 Å². The number of piperidine rings is 1. The summed E-state index contributed by atoms with van der Waals surface area (Å²) in [6.07, 6.45) is 4.11. The van der Waals surface area contributed by atoms with Crippen LogP contribution in [-0.4, -0.2) is 42.1 Å². The van der Waals surface area contributed by atoms with Crippen molar-refractivity contribution >= 4 is 5.91 Å². The Bertz CT molecular complexity index is 807. The smallest absolute Gasteiger partial charge is 0.251 e. The van der Waals surface area contributed by atoms with Gasteiger partial charge in [0.25, 0.3) is 5.91 Å². The number of amides is 1. The first-order valence-electron chi connectivity index (χ1n) is 9.91. The van der Waals surface area contributed by atoms with E-state index in [1.54, 1.807) is 6.07 Å². The van der Waals surface area contributed by atoms with Crippen molar-refractivity contribution < 1.29 is 9.90 Å². The van der Waals surface area contributed by atoms with E-state index in [2.05, 4.69) is 23.3 Å². The number of phenols is 1. The molecule has 0 radical (unpaired) electrons. The first-order chi connectivity index (χ1) is 13.1. The number of fused-ring (bicyclic) bond motifs is 1. The van der Waals surface area contributed by atoms with Crippen LogP contribution in [0.2, 0.25) is 0 Å². The highest BCUT2D eigenvalue weighted by Gasteiger charge is 2.47. The number of benzene rings is 2. The molecule has 1 amide bonds. The van der Waals surface area contributed by atoms with Crippen molar-refractivity contribution in [3.05, 3.63) is 65.7 Å². The number of likely N-dealkylation sites (tertiary alicyclic amines) is 1. The van der Waals surface area contributed by atoms with Crippen LogP contribution in [-0.2, 0) is 5.41 Å². The van der Waals surface area contributed by atoms with Gasteiger partial charge in [-0.2, -0.15) is 0 Å². The molecule has 0 aromatic heterocycles.